The van der Waals surface area contributed by atoms with Gasteiger partial charge in [0, 0.05) is 0 Å². The molecular weight excluding hydrogens is 196 g/mol. The van der Waals surface area contributed by atoms with Crippen molar-refractivity contribution < 1.29 is 35.4 Å². The van der Waals surface area contributed by atoms with E-state index < -0.39 is 43.4 Å². The molecule has 0 saturated carbocycles. The first-order valence-electron chi connectivity index (χ1n) is 4.15. The van der Waals surface area contributed by atoms with Crippen LogP contribution in [-0.4, -0.2) is 74.1 Å². The van der Waals surface area contributed by atoms with Crippen molar-refractivity contribution in [1.82, 2.24) is 0 Å². The molecule has 7 heteroatoms. The van der Waals surface area contributed by atoms with Gasteiger partial charge in [-0.25, -0.2) is 0 Å². The maximum Gasteiger partial charge on any atom is 0.184 e. The number of rotatable bonds is 2. The fourth-order valence-electron chi connectivity index (χ4n) is 1.31. The summed E-state index contributed by atoms with van der Waals surface area (Å²) in [6.45, 7) is -0.683. The molecule has 1 unspecified atom stereocenters. The summed E-state index contributed by atoms with van der Waals surface area (Å²) in [5.41, 5.74) is 0. The Morgan fingerprint density at radius 3 is 2.07 bits per heavy atom. The number of ether oxygens (including phenoxy) is 1. The lowest BCUT2D eigenvalue weighted by Gasteiger charge is -2.39. The highest BCUT2D eigenvalue weighted by molar-refractivity contribution is 4.91. The minimum absolute atomic E-state index is 0.683. The Labute approximate surface area is 79.8 Å². The Bertz CT molecular complexity index is 187. The van der Waals surface area contributed by atoms with Crippen LogP contribution in [0.5, 0.6) is 0 Å². The second-order valence-electron chi connectivity index (χ2n) is 3.21. The van der Waals surface area contributed by atoms with Crippen LogP contribution >= 0.6 is 0 Å². The standard InChI is InChI=1S/C7H14O7/c8-1-2(9)6-4(11)3(10)5(12)7(13)14-6/h2-13H,1H2/t2?,3-,4-,5-,6+,7+/m0/s1. The number of aliphatic hydroxyl groups is 6. The van der Waals surface area contributed by atoms with Crippen molar-refractivity contribution in [1.29, 1.82) is 0 Å². The summed E-state index contributed by atoms with van der Waals surface area (Å²) >= 11 is 0. The van der Waals surface area contributed by atoms with Gasteiger partial charge in [-0.05, 0) is 0 Å². The van der Waals surface area contributed by atoms with Gasteiger partial charge in [0.05, 0.1) is 6.61 Å². The van der Waals surface area contributed by atoms with Crippen molar-refractivity contribution in [3.05, 3.63) is 0 Å². The zero-order valence-corrected chi connectivity index (χ0v) is 7.26. The van der Waals surface area contributed by atoms with E-state index in [1.54, 1.807) is 0 Å². The third kappa shape index (κ3) is 2.04. The fraction of sp³-hybridized carbons (Fsp3) is 1.00. The maximum absolute atomic E-state index is 9.31. The maximum atomic E-state index is 9.31. The van der Waals surface area contributed by atoms with E-state index in [-0.39, 0.29) is 0 Å². The lowest BCUT2D eigenvalue weighted by Crippen LogP contribution is -2.61. The normalized spacial score (nSPS) is 46.3. The molecule has 1 aliphatic heterocycles. The SMILES string of the molecule is OCC(O)[C@H]1O[C@@H](O)[C@@H](O)[C@@H](O)[C@@H]1O. The molecule has 6 N–H and O–H groups in total. The summed E-state index contributed by atoms with van der Waals surface area (Å²) in [5.74, 6) is 0. The van der Waals surface area contributed by atoms with Gasteiger partial charge in [-0.2, -0.15) is 0 Å². The van der Waals surface area contributed by atoms with Crippen molar-refractivity contribution >= 4 is 0 Å². The van der Waals surface area contributed by atoms with E-state index in [2.05, 4.69) is 4.74 Å². The first-order valence-corrected chi connectivity index (χ1v) is 4.15. The minimum atomic E-state index is -1.69. The Kier molecular flexibility index (Phi) is 3.78. The molecule has 0 aliphatic carbocycles. The van der Waals surface area contributed by atoms with Crippen LogP contribution in [0.3, 0.4) is 0 Å². The van der Waals surface area contributed by atoms with Crippen LogP contribution in [0.4, 0.5) is 0 Å². The topological polar surface area (TPSA) is 131 Å². The van der Waals surface area contributed by atoms with Crippen LogP contribution in [0.25, 0.3) is 0 Å². The van der Waals surface area contributed by atoms with E-state index in [4.69, 9.17) is 20.4 Å². The number of aliphatic hydroxyl groups excluding tert-OH is 6. The smallest absolute Gasteiger partial charge is 0.184 e. The first kappa shape index (κ1) is 11.8. The molecule has 0 aromatic carbocycles. The van der Waals surface area contributed by atoms with E-state index in [0.717, 1.165) is 0 Å². The second kappa shape index (κ2) is 4.49. The van der Waals surface area contributed by atoms with E-state index in [1.807, 2.05) is 0 Å². The summed E-state index contributed by atoms with van der Waals surface area (Å²) in [5, 5.41) is 54.3. The summed E-state index contributed by atoms with van der Waals surface area (Å²) in [4.78, 5) is 0. The molecule has 6 atom stereocenters. The molecule has 0 radical (unpaired) electrons. The molecule has 84 valence electrons. The van der Waals surface area contributed by atoms with Crippen molar-refractivity contribution in [2.45, 2.75) is 36.8 Å². The van der Waals surface area contributed by atoms with Gasteiger partial charge in [0.15, 0.2) is 6.29 Å². The largest absolute Gasteiger partial charge is 0.394 e. The molecule has 1 rings (SSSR count). The van der Waals surface area contributed by atoms with Gasteiger partial charge in [0.2, 0.25) is 0 Å². The molecular formula is C7H14O7. The highest BCUT2D eigenvalue weighted by Gasteiger charge is 2.45. The molecule has 0 bridgehead atoms. The monoisotopic (exact) mass is 210 g/mol. The van der Waals surface area contributed by atoms with Crippen molar-refractivity contribution in [3.63, 3.8) is 0 Å². The Morgan fingerprint density at radius 1 is 1.00 bits per heavy atom. The summed E-state index contributed by atoms with van der Waals surface area (Å²) < 4.78 is 4.62. The van der Waals surface area contributed by atoms with Crippen LogP contribution in [0.1, 0.15) is 0 Å². The number of hydrogen-bond donors (Lipinski definition) is 6. The number of hydrogen-bond acceptors (Lipinski definition) is 7. The molecule has 1 fully saturated rings. The van der Waals surface area contributed by atoms with E-state index in [0.29, 0.717) is 0 Å². The lowest BCUT2D eigenvalue weighted by molar-refractivity contribution is -0.298. The summed E-state index contributed by atoms with van der Waals surface area (Å²) in [6, 6.07) is 0. The zero-order valence-electron chi connectivity index (χ0n) is 7.26. The molecule has 14 heavy (non-hydrogen) atoms. The molecule has 0 amide bonds. The second-order valence-corrected chi connectivity index (χ2v) is 3.21. The molecule has 0 spiro atoms. The van der Waals surface area contributed by atoms with Gasteiger partial charge >= 0.3 is 0 Å². The van der Waals surface area contributed by atoms with Crippen molar-refractivity contribution in [2.24, 2.45) is 0 Å². The molecule has 0 aromatic rings. The average molecular weight is 210 g/mol. The van der Waals surface area contributed by atoms with Gasteiger partial charge in [0.25, 0.3) is 0 Å². The van der Waals surface area contributed by atoms with Gasteiger partial charge < -0.3 is 35.4 Å². The van der Waals surface area contributed by atoms with Crippen LogP contribution < -0.4 is 0 Å². The van der Waals surface area contributed by atoms with Crippen LogP contribution in [0.15, 0.2) is 0 Å². The average Bonchev–Trinajstić information content (AvgIpc) is 2.19. The lowest BCUT2D eigenvalue weighted by atomic mass is 9.96. The van der Waals surface area contributed by atoms with Gasteiger partial charge in [-0.1, -0.05) is 0 Å². The Balaban J connectivity index is 2.70. The molecule has 1 heterocycles. The molecule has 0 aromatic heterocycles. The zero-order chi connectivity index (χ0) is 10.9. The third-order valence-electron chi connectivity index (χ3n) is 2.19. The van der Waals surface area contributed by atoms with Crippen molar-refractivity contribution in [3.8, 4) is 0 Å². The predicted octanol–water partition coefficient (Wildman–Crippen LogP) is -3.86. The molecule has 1 saturated heterocycles. The predicted molar refractivity (Wildman–Crippen MR) is 42.0 cm³/mol. The highest BCUT2D eigenvalue weighted by atomic mass is 16.6. The third-order valence-corrected chi connectivity index (χ3v) is 2.19. The Morgan fingerprint density at radius 2 is 1.57 bits per heavy atom. The van der Waals surface area contributed by atoms with E-state index in [1.165, 1.54) is 0 Å². The van der Waals surface area contributed by atoms with Crippen LogP contribution in [0, 0.1) is 0 Å². The van der Waals surface area contributed by atoms with Gasteiger partial charge in [-0.3, -0.25) is 0 Å². The quantitative estimate of drug-likeness (QED) is 0.275. The van der Waals surface area contributed by atoms with Gasteiger partial charge in [-0.15, -0.1) is 0 Å². The minimum Gasteiger partial charge on any atom is -0.394 e. The molecule has 1 aliphatic rings. The van der Waals surface area contributed by atoms with Crippen LogP contribution in [0.2, 0.25) is 0 Å². The van der Waals surface area contributed by atoms with Crippen LogP contribution in [-0.2, 0) is 4.74 Å². The summed E-state index contributed by atoms with van der Waals surface area (Å²) in [7, 11) is 0. The van der Waals surface area contributed by atoms with Gasteiger partial charge in [0.1, 0.15) is 30.5 Å². The van der Waals surface area contributed by atoms with E-state index in [9.17, 15) is 10.2 Å². The summed E-state index contributed by atoms with van der Waals surface area (Å²) in [6.07, 6.45) is -9.26. The van der Waals surface area contributed by atoms with Crippen molar-refractivity contribution in [2.75, 3.05) is 6.61 Å². The Hall–Kier alpha value is -0.280. The molecule has 7 nitrogen and oxygen atoms in total. The first-order chi connectivity index (χ1) is 6.49. The fourth-order valence-corrected chi connectivity index (χ4v) is 1.31. The highest BCUT2D eigenvalue weighted by Crippen LogP contribution is 2.21. The van der Waals surface area contributed by atoms with E-state index >= 15 is 0 Å².